The van der Waals surface area contributed by atoms with Gasteiger partial charge in [0.2, 0.25) is 0 Å². The van der Waals surface area contributed by atoms with Crippen molar-refractivity contribution in [1.82, 2.24) is 4.90 Å². The highest BCUT2D eigenvalue weighted by molar-refractivity contribution is 5.94. The molecule has 20 heavy (non-hydrogen) atoms. The van der Waals surface area contributed by atoms with Crippen LogP contribution in [0, 0.1) is 23.2 Å². The quantitative estimate of drug-likeness (QED) is 0.889. The number of carbonyl (C=O) groups excluding carboxylic acids is 1. The van der Waals surface area contributed by atoms with Crippen LogP contribution in [0.3, 0.4) is 0 Å². The molecule has 1 aromatic carbocycles. The Morgan fingerprint density at radius 3 is 2.50 bits per heavy atom. The number of benzene rings is 1. The molecule has 2 atom stereocenters. The van der Waals surface area contributed by atoms with Crippen molar-refractivity contribution in [1.29, 1.82) is 5.26 Å². The molecule has 2 rings (SSSR count). The van der Waals surface area contributed by atoms with E-state index in [1.165, 1.54) is 0 Å². The van der Waals surface area contributed by atoms with Gasteiger partial charge < -0.3 is 10.0 Å². The summed E-state index contributed by atoms with van der Waals surface area (Å²) in [6.07, 6.45) is 0.604. The monoisotopic (exact) mass is 272 g/mol. The van der Waals surface area contributed by atoms with Crippen molar-refractivity contribution in [2.75, 3.05) is 13.1 Å². The molecule has 1 saturated heterocycles. The molecule has 5 nitrogen and oxygen atoms in total. The first-order valence-electron chi connectivity index (χ1n) is 6.53. The van der Waals surface area contributed by atoms with Crippen LogP contribution in [0.2, 0.25) is 0 Å². The lowest BCUT2D eigenvalue weighted by Gasteiger charge is -2.34. The van der Waals surface area contributed by atoms with Crippen molar-refractivity contribution in [3.63, 3.8) is 0 Å². The minimum atomic E-state index is -0.853. The average molecular weight is 272 g/mol. The van der Waals surface area contributed by atoms with Crippen LogP contribution >= 0.6 is 0 Å². The van der Waals surface area contributed by atoms with E-state index in [9.17, 15) is 9.59 Å². The summed E-state index contributed by atoms with van der Waals surface area (Å²) in [5, 5.41) is 17.9. The summed E-state index contributed by atoms with van der Waals surface area (Å²) in [6, 6.07) is 8.40. The van der Waals surface area contributed by atoms with Gasteiger partial charge in [-0.2, -0.15) is 5.26 Å². The van der Waals surface area contributed by atoms with Gasteiger partial charge in [0.1, 0.15) is 0 Å². The summed E-state index contributed by atoms with van der Waals surface area (Å²) in [5.74, 6) is -1.35. The van der Waals surface area contributed by atoms with E-state index in [4.69, 9.17) is 10.4 Å². The predicted octanol–water partition coefficient (Wildman–Crippen LogP) is 1.74. The topological polar surface area (TPSA) is 81.4 Å². The average Bonchev–Trinajstić information content (AvgIpc) is 2.46. The van der Waals surface area contributed by atoms with Crippen molar-refractivity contribution in [3.05, 3.63) is 35.4 Å². The highest BCUT2D eigenvalue weighted by Crippen LogP contribution is 2.23. The molecule has 1 heterocycles. The Hall–Kier alpha value is -2.35. The van der Waals surface area contributed by atoms with E-state index in [-0.39, 0.29) is 18.4 Å². The number of carboxylic acids is 1. The Morgan fingerprint density at radius 1 is 1.30 bits per heavy atom. The van der Waals surface area contributed by atoms with Gasteiger partial charge in [-0.05, 0) is 36.6 Å². The van der Waals surface area contributed by atoms with Crippen molar-refractivity contribution >= 4 is 11.9 Å². The zero-order valence-corrected chi connectivity index (χ0v) is 11.2. The molecule has 1 aliphatic heterocycles. The number of hydrogen-bond donors (Lipinski definition) is 1. The molecule has 2 unspecified atom stereocenters. The smallest absolute Gasteiger partial charge is 0.308 e. The number of likely N-dealkylation sites (tertiary alicyclic amines) is 1. The maximum Gasteiger partial charge on any atom is 0.308 e. The fourth-order valence-electron chi connectivity index (χ4n) is 2.57. The van der Waals surface area contributed by atoms with Crippen molar-refractivity contribution in [2.45, 2.75) is 13.3 Å². The molecular weight excluding hydrogens is 256 g/mol. The molecule has 0 bridgehead atoms. The summed E-state index contributed by atoms with van der Waals surface area (Å²) < 4.78 is 0. The minimum absolute atomic E-state index is 0.173. The first kappa shape index (κ1) is 14.1. The molecule has 0 saturated carbocycles. The number of nitrogens with zero attached hydrogens (tertiary/aromatic N) is 2. The molecule has 5 heteroatoms. The Balaban J connectivity index is 2.15. The van der Waals surface area contributed by atoms with Gasteiger partial charge in [0.15, 0.2) is 0 Å². The molecule has 1 fully saturated rings. The van der Waals surface area contributed by atoms with E-state index in [2.05, 4.69) is 0 Å². The second kappa shape index (κ2) is 5.74. The van der Waals surface area contributed by atoms with Gasteiger partial charge in [-0.1, -0.05) is 6.92 Å². The van der Waals surface area contributed by atoms with Gasteiger partial charge in [0, 0.05) is 18.7 Å². The number of carbonyl (C=O) groups is 2. The minimum Gasteiger partial charge on any atom is -0.481 e. The molecule has 104 valence electrons. The molecular formula is C15H16N2O3. The van der Waals surface area contributed by atoms with Crippen LogP contribution in [0.1, 0.15) is 29.3 Å². The summed E-state index contributed by atoms with van der Waals surface area (Å²) in [6.45, 7) is 2.77. The summed E-state index contributed by atoms with van der Waals surface area (Å²) in [4.78, 5) is 25.1. The summed E-state index contributed by atoms with van der Waals surface area (Å²) >= 11 is 0. The lowest BCUT2D eigenvalue weighted by molar-refractivity contribution is -0.143. The lowest BCUT2D eigenvalue weighted by atomic mass is 9.90. The Morgan fingerprint density at radius 2 is 1.95 bits per heavy atom. The largest absolute Gasteiger partial charge is 0.481 e. The normalized spacial score (nSPS) is 22.1. The number of hydrogen-bond acceptors (Lipinski definition) is 3. The third-order valence-corrected chi connectivity index (χ3v) is 3.56. The van der Waals surface area contributed by atoms with Crippen LogP contribution in [-0.2, 0) is 4.79 Å². The van der Waals surface area contributed by atoms with Crippen molar-refractivity contribution in [3.8, 4) is 6.07 Å². The third kappa shape index (κ3) is 2.97. The van der Waals surface area contributed by atoms with Crippen LogP contribution in [0.4, 0.5) is 0 Å². The molecule has 0 spiro atoms. The van der Waals surface area contributed by atoms with E-state index in [1.807, 2.05) is 13.0 Å². The first-order valence-corrected chi connectivity index (χ1v) is 6.53. The fraction of sp³-hybridized carbons (Fsp3) is 0.400. The van der Waals surface area contributed by atoms with Crippen LogP contribution in [0.5, 0.6) is 0 Å². The molecule has 1 amide bonds. The summed E-state index contributed by atoms with van der Waals surface area (Å²) in [5.41, 5.74) is 0.985. The van der Waals surface area contributed by atoms with Gasteiger partial charge >= 0.3 is 5.97 Å². The standard InChI is InChI=1S/C15H16N2O3/c1-10-6-13(15(19)20)9-17(8-10)14(18)12-4-2-11(7-16)3-5-12/h2-5,10,13H,6,8-9H2,1H3,(H,19,20). The first-order chi connectivity index (χ1) is 9.51. The van der Waals surface area contributed by atoms with E-state index >= 15 is 0 Å². The van der Waals surface area contributed by atoms with E-state index in [1.54, 1.807) is 29.2 Å². The molecule has 0 aliphatic carbocycles. The molecule has 0 aromatic heterocycles. The highest BCUT2D eigenvalue weighted by Gasteiger charge is 2.32. The van der Waals surface area contributed by atoms with E-state index in [0.29, 0.717) is 24.1 Å². The number of piperidine rings is 1. The van der Waals surface area contributed by atoms with E-state index < -0.39 is 11.9 Å². The van der Waals surface area contributed by atoms with Crippen LogP contribution in [-0.4, -0.2) is 35.0 Å². The van der Waals surface area contributed by atoms with Crippen LogP contribution in [0.25, 0.3) is 0 Å². The van der Waals surface area contributed by atoms with Crippen molar-refractivity contribution < 1.29 is 14.7 Å². The SMILES string of the molecule is CC1CC(C(=O)O)CN(C(=O)c2ccc(C#N)cc2)C1. The molecule has 1 N–H and O–H groups in total. The molecule has 1 aliphatic rings. The zero-order chi connectivity index (χ0) is 14.7. The highest BCUT2D eigenvalue weighted by atomic mass is 16.4. The Labute approximate surface area is 117 Å². The number of amides is 1. The number of rotatable bonds is 2. The Kier molecular flexibility index (Phi) is 4.04. The van der Waals surface area contributed by atoms with E-state index in [0.717, 1.165) is 0 Å². The Bertz CT molecular complexity index is 559. The molecule has 1 aromatic rings. The molecule has 0 radical (unpaired) electrons. The maximum atomic E-state index is 12.4. The van der Waals surface area contributed by atoms with Gasteiger partial charge in [-0.25, -0.2) is 0 Å². The van der Waals surface area contributed by atoms with Gasteiger partial charge in [0.25, 0.3) is 5.91 Å². The van der Waals surface area contributed by atoms with Crippen LogP contribution in [0.15, 0.2) is 24.3 Å². The van der Waals surface area contributed by atoms with Crippen molar-refractivity contribution in [2.24, 2.45) is 11.8 Å². The second-order valence-corrected chi connectivity index (χ2v) is 5.28. The van der Waals surface area contributed by atoms with Gasteiger partial charge in [0.05, 0.1) is 17.6 Å². The zero-order valence-electron chi connectivity index (χ0n) is 11.2. The third-order valence-electron chi connectivity index (χ3n) is 3.56. The predicted molar refractivity (Wildman–Crippen MR) is 72.0 cm³/mol. The maximum absolute atomic E-state index is 12.4. The number of aliphatic carboxylic acids is 1. The van der Waals surface area contributed by atoms with Crippen LogP contribution < -0.4 is 0 Å². The number of carboxylic acid groups (broad SMARTS) is 1. The van der Waals surface area contributed by atoms with Gasteiger partial charge in [-0.15, -0.1) is 0 Å². The fourth-order valence-corrected chi connectivity index (χ4v) is 2.57. The second-order valence-electron chi connectivity index (χ2n) is 5.28. The summed E-state index contributed by atoms with van der Waals surface area (Å²) in [7, 11) is 0. The van der Waals surface area contributed by atoms with Gasteiger partial charge in [-0.3, -0.25) is 9.59 Å². The lowest BCUT2D eigenvalue weighted by Crippen LogP contribution is -2.45. The number of nitriles is 1.